The zero-order chi connectivity index (χ0) is 28.7. The topological polar surface area (TPSA) is 89.3 Å². The van der Waals surface area contributed by atoms with Gasteiger partial charge >= 0.3 is 0 Å². The second kappa shape index (κ2) is 13.0. The number of carbonyl (C=O) groups excluding carboxylic acids is 1. The fourth-order valence-corrected chi connectivity index (χ4v) is 6.51. The highest BCUT2D eigenvalue weighted by molar-refractivity contribution is 7.89. The molecule has 0 spiro atoms. The first-order valence-electron chi connectivity index (χ1n) is 13.3. The number of hydrogen-bond acceptors (Lipinski definition) is 6. The van der Waals surface area contributed by atoms with Crippen LogP contribution in [0.3, 0.4) is 0 Å². The second-order valence-electron chi connectivity index (χ2n) is 9.62. The van der Waals surface area contributed by atoms with Crippen LogP contribution in [0.1, 0.15) is 31.6 Å². The van der Waals surface area contributed by atoms with Crippen LogP contribution in [0, 0.1) is 0 Å². The van der Waals surface area contributed by atoms with E-state index in [1.165, 1.54) is 4.31 Å². The van der Waals surface area contributed by atoms with E-state index < -0.39 is 10.0 Å². The zero-order valence-electron chi connectivity index (χ0n) is 23.4. The maximum atomic E-state index is 14.0. The molecule has 0 N–H and O–H groups in total. The molecule has 4 aromatic rings. The van der Waals surface area contributed by atoms with Crippen molar-refractivity contribution in [2.24, 2.45) is 0 Å². The summed E-state index contributed by atoms with van der Waals surface area (Å²) in [7, 11) is -0.824. The standard InChI is InChI=1S/C31H36N2O6S/c1-5-23(2)33(40(35,36)30-14-8-11-25-10-6-7-13-27(25)30)22-31(34)32(21-26-12-9-19-39-26)18-17-24-15-16-28(37-3)29(20-24)38-4/h6-16,19-20,23H,5,17-18,21-22H2,1-4H3/t23-/m0/s1. The summed E-state index contributed by atoms with van der Waals surface area (Å²) in [5, 5.41) is 1.46. The number of nitrogens with zero attached hydrogens (tertiary/aromatic N) is 2. The molecular weight excluding hydrogens is 528 g/mol. The third kappa shape index (κ3) is 6.48. The van der Waals surface area contributed by atoms with Gasteiger partial charge in [-0.2, -0.15) is 4.31 Å². The Morgan fingerprint density at radius 1 is 0.950 bits per heavy atom. The van der Waals surface area contributed by atoms with Gasteiger partial charge in [-0.05, 0) is 61.0 Å². The highest BCUT2D eigenvalue weighted by atomic mass is 32.2. The Morgan fingerprint density at radius 3 is 2.40 bits per heavy atom. The molecule has 40 heavy (non-hydrogen) atoms. The van der Waals surface area contributed by atoms with Crippen LogP contribution >= 0.6 is 0 Å². The number of hydrogen-bond donors (Lipinski definition) is 0. The Balaban J connectivity index is 1.62. The van der Waals surface area contributed by atoms with Gasteiger partial charge in [-0.15, -0.1) is 0 Å². The Bertz CT molecular complexity index is 1530. The lowest BCUT2D eigenvalue weighted by Gasteiger charge is -2.30. The third-order valence-corrected chi connectivity index (χ3v) is 9.13. The summed E-state index contributed by atoms with van der Waals surface area (Å²) in [4.78, 5) is 15.7. The minimum atomic E-state index is -3.98. The van der Waals surface area contributed by atoms with E-state index in [9.17, 15) is 13.2 Å². The quantitative estimate of drug-likeness (QED) is 0.213. The second-order valence-corrected chi connectivity index (χ2v) is 11.5. The normalized spacial score (nSPS) is 12.4. The first-order valence-corrected chi connectivity index (χ1v) is 14.7. The number of benzene rings is 3. The number of rotatable bonds is 13. The summed E-state index contributed by atoms with van der Waals surface area (Å²) in [6, 6.07) is 21.4. The molecule has 0 fully saturated rings. The first kappa shape index (κ1) is 29.2. The molecule has 0 saturated heterocycles. The molecule has 0 aliphatic carbocycles. The lowest BCUT2D eigenvalue weighted by atomic mass is 10.1. The predicted molar refractivity (Wildman–Crippen MR) is 155 cm³/mol. The van der Waals surface area contributed by atoms with Crippen LogP contribution in [0.5, 0.6) is 11.5 Å². The number of sulfonamides is 1. The molecule has 8 nitrogen and oxygen atoms in total. The van der Waals surface area contributed by atoms with Crippen molar-refractivity contribution in [1.82, 2.24) is 9.21 Å². The monoisotopic (exact) mass is 564 g/mol. The fourth-order valence-electron chi connectivity index (χ4n) is 4.64. The summed E-state index contributed by atoms with van der Waals surface area (Å²) >= 11 is 0. The molecule has 1 heterocycles. The largest absolute Gasteiger partial charge is 0.493 e. The number of furan rings is 1. The van der Waals surface area contributed by atoms with E-state index in [-0.39, 0.29) is 29.9 Å². The summed E-state index contributed by atoms with van der Waals surface area (Å²) in [5.74, 6) is 1.54. The minimum absolute atomic E-state index is 0.196. The Hall–Kier alpha value is -3.82. The van der Waals surface area contributed by atoms with Crippen LogP contribution in [0.2, 0.25) is 0 Å². The zero-order valence-corrected chi connectivity index (χ0v) is 24.2. The summed E-state index contributed by atoms with van der Waals surface area (Å²) in [6.45, 7) is 4.04. The Labute approximate surface area is 236 Å². The van der Waals surface area contributed by atoms with Gasteiger partial charge in [0.05, 0.1) is 38.5 Å². The average Bonchev–Trinajstić information content (AvgIpc) is 3.50. The summed E-state index contributed by atoms with van der Waals surface area (Å²) < 4.78 is 45.7. The molecule has 0 aliphatic heterocycles. The smallest absolute Gasteiger partial charge is 0.244 e. The van der Waals surface area contributed by atoms with Crippen molar-refractivity contribution in [1.29, 1.82) is 0 Å². The van der Waals surface area contributed by atoms with Gasteiger partial charge in [0, 0.05) is 18.0 Å². The molecule has 0 radical (unpaired) electrons. The van der Waals surface area contributed by atoms with Crippen LogP contribution < -0.4 is 9.47 Å². The summed E-state index contributed by atoms with van der Waals surface area (Å²) in [6.07, 6.45) is 2.65. The highest BCUT2D eigenvalue weighted by Crippen LogP contribution is 2.29. The van der Waals surface area contributed by atoms with E-state index in [0.29, 0.717) is 42.0 Å². The number of amides is 1. The molecule has 1 atom stereocenters. The maximum absolute atomic E-state index is 14.0. The van der Waals surface area contributed by atoms with Crippen LogP contribution in [0.15, 0.2) is 88.4 Å². The number of fused-ring (bicyclic) bond motifs is 1. The molecular formula is C31H36N2O6S. The lowest BCUT2D eigenvalue weighted by molar-refractivity contribution is -0.132. The van der Waals surface area contributed by atoms with Gasteiger partial charge in [0.15, 0.2) is 11.5 Å². The third-order valence-electron chi connectivity index (χ3n) is 7.11. The molecule has 0 saturated carbocycles. The Morgan fingerprint density at radius 2 is 1.70 bits per heavy atom. The maximum Gasteiger partial charge on any atom is 0.244 e. The average molecular weight is 565 g/mol. The minimum Gasteiger partial charge on any atom is -0.493 e. The van der Waals surface area contributed by atoms with Crippen molar-refractivity contribution in [2.45, 2.75) is 44.2 Å². The van der Waals surface area contributed by atoms with Crippen molar-refractivity contribution in [3.8, 4) is 11.5 Å². The molecule has 0 unspecified atom stereocenters. The molecule has 0 aliphatic rings. The SMILES string of the molecule is CC[C@H](C)N(CC(=O)N(CCc1ccc(OC)c(OC)c1)Cc1ccco1)S(=O)(=O)c1cccc2ccccc12. The molecule has 3 aromatic carbocycles. The van der Waals surface area contributed by atoms with E-state index in [2.05, 4.69) is 0 Å². The van der Waals surface area contributed by atoms with Crippen molar-refractivity contribution in [3.05, 3.63) is 90.4 Å². The van der Waals surface area contributed by atoms with E-state index in [4.69, 9.17) is 13.9 Å². The Kier molecular flexibility index (Phi) is 9.50. The van der Waals surface area contributed by atoms with Crippen LogP contribution in [0.25, 0.3) is 10.8 Å². The molecule has 9 heteroatoms. The van der Waals surface area contributed by atoms with Gasteiger partial charge in [-0.3, -0.25) is 4.79 Å². The van der Waals surface area contributed by atoms with Gasteiger partial charge < -0.3 is 18.8 Å². The van der Waals surface area contributed by atoms with Crippen molar-refractivity contribution < 1.29 is 27.1 Å². The predicted octanol–water partition coefficient (Wildman–Crippen LogP) is 5.51. The molecule has 212 valence electrons. The van der Waals surface area contributed by atoms with Gasteiger partial charge in [0.25, 0.3) is 0 Å². The van der Waals surface area contributed by atoms with E-state index >= 15 is 0 Å². The van der Waals surface area contributed by atoms with Crippen molar-refractivity contribution in [3.63, 3.8) is 0 Å². The number of carbonyl (C=O) groups is 1. The first-order chi connectivity index (χ1) is 19.3. The van der Waals surface area contributed by atoms with E-state index in [1.54, 1.807) is 55.7 Å². The molecule has 1 aromatic heterocycles. The van der Waals surface area contributed by atoms with Gasteiger partial charge in [-0.1, -0.05) is 49.4 Å². The van der Waals surface area contributed by atoms with Crippen molar-refractivity contribution >= 4 is 26.7 Å². The fraction of sp³-hybridized carbons (Fsp3) is 0.323. The van der Waals surface area contributed by atoms with Crippen LogP contribution in [0.4, 0.5) is 0 Å². The van der Waals surface area contributed by atoms with Gasteiger partial charge in [0.1, 0.15) is 5.76 Å². The lowest BCUT2D eigenvalue weighted by Crippen LogP contribution is -2.46. The highest BCUT2D eigenvalue weighted by Gasteiger charge is 2.33. The van der Waals surface area contributed by atoms with E-state index in [1.807, 2.05) is 56.3 Å². The summed E-state index contributed by atoms with van der Waals surface area (Å²) in [5.41, 5.74) is 0.956. The van der Waals surface area contributed by atoms with Crippen LogP contribution in [-0.2, 0) is 27.8 Å². The molecule has 4 rings (SSSR count). The van der Waals surface area contributed by atoms with Gasteiger partial charge in [-0.25, -0.2) is 8.42 Å². The molecule has 1 amide bonds. The molecule has 0 bridgehead atoms. The van der Waals surface area contributed by atoms with Crippen molar-refractivity contribution in [2.75, 3.05) is 27.3 Å². The van der Waals surface area contributed by atoms with Crippen LogP contribution in [-0.4, -0.2) is 56.9 Å². The van der Waals surface area contributed by atoms with E-state index in [0.717, 1.165) is 10.9 Å². The van der Waals surface area contributed by atoms with Gasteiger partial charge in [0.2, 0.25) is 15.9 Å². The number of ether oxygens (including phenoxy) is 2. The number of methoxy groups -OCH3 is 2.